The van der Waals surface area contributed by atoms with Gasteiger partial charge in [0.2, 0.25) is 5.56 Å². The summed E-state index contributed by atoms with van der Waals surface area (Å²) in [5.74, 6) is 0. The van der Waals surface area contributed by atoms with E-state index in [9.17, 15) is 4.79 Å². The quantitative estimate of drug-likeness (QED) is 0.689. The second-order valence-corrected chi connectivity index (χ2v) is 2.87. The number of anilines is 1. The first kappa shape index (κ1) is 7.86. The molecule has 1 heterocycles. The first-order chi connectivity index (χ1) is 6.29. The van der Waals surface area contributed by atoms with Crippen molar-refractivity contribution in [1.82, 2.24) is 4.98 Å². The Kier molecular flexibility index (Phi) is 1.77. The number of nitrogens with one attached hydrogen (secondary N) is 2. The Morgan fingerprint density at radius 1 is 1.23 bits per heavy atom. The van der Waals surface area contributed by atoms with Gasteiger partial charge >= 0.3 is 0 Å². The number of H-pyrrole nitrogens is 1. The van der Waals surface area contributed by atoms with Gasteiger partial charge in [-0.15, -0.1) is 0 Å². The summed E-state index contributed by atoms with van der Waals surface area (Å²) >= 11 is 0. The molecule has 0 bridgehead atoms. The van der Waals surface area contributed by atoms with Gasteiger partial charge in [-0.1, -0.05) is 0 Å². The molecule has 2 N–H and O–H groups in total. The van der Waals surface area contributed by atoms with Gasteiger partial charge in [0.1, 0.15) is 0 Å². The van der Waals surface area contributed by atoms with Gasteiger partial charge < -0.3 is 10.3 Å². The lowest BCUT2D eigenvalue weighted by Gasteiger charge is -2.01. The van der Waals surface area contributed by atoms with Crippen LogP contribution in [0, 0.1) is 0 Å². The molecule has 0 aliphatic heterocycles. The molecule has 66 valence electrons. The summed E-state index contributed by atoms with van der Waals surface area (Å²) in [4.78, 5) is 13.7. The predicted molar refractivity (Wildman–Crippen MR) is 54.1 cm³/mol. The Balaban J connectivity index is 2.73. The normalized spacial score (nSPS) is 10.2. The second kappa shape index (κ2) is 2.94. The van der Waals surface area contributed by atoms with Crippen molar-refractivity contribution in [2.24, 2.45) is 0 Å². The molecule has 1 aromatic heterocycles. The van der Waals surface area contributed by atoms with Crippen LogP contribution in [0.4, 0.5) is 5.69 Å². The number of aromatic amines is 1. The molecular weight excluding hydrogens is 164 g/mol. The Morgan fingerprint density at radius 2 is 2.08 bits per heavy atom. The van der Waals surface area contributed by atoms with Crippen molar-refractivity contribution in [3.8, 4) is 0 Å². The number of benzene rings is 1. The highest BCUT2D eigenvalue weighted by Crippen LogP contribution is 2.14. The molecule has 0 aliphatic carbocycles. The Morgan fingerprint density at radius 3 is 2.85 bits per heavy atom. The zero-order chi connectivity index (χ0) is 9.26. The van der Waals surface area contributed by atoms with Crippen LogP contribution in [0.5, 0.6) is 0 Å². The van der Waals surface area contributed by atoms with Crippen molar-refractivity contribution in [3.05, 3.63) is 40.7 Å². The van der Waals surface area contributed by atoms with Crippen LogP contribution >= 0.6 is 0 Å². The van der Waals surface area contributed by atoms with Gasteiger partial charge in [0, 0.05) is 29.7 Å². The third-order valence-electron chi connectivity index (χ3n) is 2.01. The van der Waals surface area contributed by atoms with Crippen molar-refractivity contribution < 1.29 is 0 Å². The van der Waals surface area contributed by atoms with Crippen LogP contribution in [-0.2, 0) is 0 Å². The van der Waals surface area contributed by atoms with E-state index in [0.29, 0.717) is 0 Å². The minimum absolute atomic E-state index is 0.0651. The fourth-order valence-electron chi connectivity index (χ4n) is 1.31. The molecule has 2 rings (SSSR count). The molecule has 0 fully saturated rings. The summed E-state index contributed by atoms with van der Waals surface area (Å²) in [6.07, 6.45) is 0. The number of pyridine rings is 1. The minimum atomic E-state index is -0.0651. The monoisotopic (exact) mass is 174 g/mol. The summed E-state index contributed by atoms with van der Waals surface area (Å²) < 4.78 is 0. The number of hydrogen-bond acceptors (Lipinski definition) is 2. The zero-order valence-electron chi connectivity index (χ0n) is 7.29. The van der Waals surface area contributed by atoms with E-state index in [1.165, 1.54) is 6.07 Å². The van der Waals surface area contributed by atoms with Gasteiger partial charge in [0.15, 0.2) is 0 Å². The lowest BCUT2D eigenvalue weighted by molar-refractivity contribution is 1.31. The van der Waals surface area contributed by atoms with E-state index in [0.717, 1.165) is 16.6 Å². The van der Waals surface area contributed by atoms with Gasteiger partial charge in [-0.25, -0.2) is 0 Å². The van der Waals surface area contributed by atoms with E-state index in [4.69, 9.17) is 0 Å². The van der Waals surface area contributed by atoms with Crippen LogP contribution in [-0.4, -0.2) is 12.0 Å². The van der Waals surface area contributed by atoms with Crippen LogP contribution in [0.3, 0.4) is 0 Å². The average molecular weight is 174 g/mol. The highest BCUT2D eigenvalue weighted by molar-refractivity contribution is 5.81. The number of fused-ring (bicyclic) bond motifs is 1. The standard InChI is InChI=1S/C10H10N2O/c1-11-8-3-4-9-7(6-8)2-5-10(13)12-9/h2-6,11H,1H3,(H,12,13). The van der Waals surface area contributed by atoms with Crippen molar-refractivity contribution in [2.45, 2.75) is 0 Å². The molecule has 1 aromatic carbocycles. The van der Waals surface area contributed by atoms with Crippen LogP contribution < -0.4 is 10.9 Å². The topological polar surface area (TPSA) is 44.9 Å². The number of aromatic nitrogens is 1. The highest BCUT2D eigenvalue weighted by atomic mass is 16.1. The van der Waals surface area contributed by atoms with Crippen molar-refractivity contribution >= 4 is 16.6 Å². The van der Waals surface area contributed by atoms with E-state index < -0.39 is 0 Å². The SMILES string of the molecule is CNc1ccc2[nH]c(=O)ccc2c1. The first-order valence-corrected chi connectivity index (χ1v) is 4.10. The molecule has 3 heteroatoms. The average Bonchev–Trinajstić information content (AvgIpc) is 2.17. The summed E-state index contributed by atoms with van der Waals surface area (Å²) in [7, 11) is 1.87. The first-order valence-electron chi connectivity index (χ1n) is 4.10. The third kappa shape index (κ3) is 1.40. The van der Waals surface area contributed by atoms with Crippen molar-refractivity contribution in [1.29, 1.82) is 0 Å². The molecule has 0 saturated heterocycles. The molecule has 0 aliphatic rings. The summed E-state index contributed by atoms with van der Waals surface area (Å²) in [5.41, 5.74) is 1.84. The lowest BCUT2D eigenvalue weighted by Crippen LogP contribution is -2.02. The summed E-state index contributed by atoms with van der Waals surface area (Å²) in [5, 5.41) is 4.08. The fourth-order valence-corrected chi connectivity index (χ4v) is 1.31. The summed E-state index contributed by atoms with van der Waals surface area (Å²) in [6, 6.07) is 9.16. The molecule has 3 nitrogen and oxygen atoms in total. The zero-order valence-corrected chi connectivity index (χ0v) is 7.29. The minimum Gasteiger partial charge on any atom is -0.388 e. The highest BCUT2D eigenvalue weighted by Gasteiger charge is 1.94. The van der Waals surface area contributed by atoms with Crippen LogP contribution in [0.25, 0.3) is 10.9 Å². The molecule has 13 heavy (non-hydrogen) atoms. The van der Waals surface area contributed by atoms with Crippen molar-refractivity contribution in [3.63, 3.8) is 0 Å². The van der Waals surface area contributed by atoms with E-state index >= 15 is 0 Å². The van der Waals surface area contributed by atoms with Crippen LogP contribution in [0.1, 0.15) is 0 Å². The van der Waals surface area contributed by atoms with E-state index in [2.05, 4.69) is 10.3 Å². The fraction of sp³-hybridized carbons (Fsp3) is 0.100. The Hall–Kier alpha value is -1.77. The van der Waals surface area contributed by atoms with Gasteiger partial charge in [-0.05, 0) is 24.3 Å². The molecule has 0 unspecified atom stereocenters. The smallest absolute Gasteiger partial charge is 0.248 e. The molecule has 0 saturated carbocycles. The maximum absolute atomic E-state index is 11.0. The molecule has 0 radical (unpaired) electrons. The van der Waals surface area contributed by atoms with E-state index in [1.807, 2.05) is 31.3 Å². The largest absolute Gasteiger partial charge is 0.388 e. The van der Waals surface area contributed by atoms with E-state index in [-0.39, 0.29) is 5.56 Å². The molecular formula is C10H10N2O. The van der Waals surface area contributed by atoms with Gasteiger partial charge in [0.25, 0.3) is 0 Å². The Bertz CT molecular complexity index is 487. The third-order valence-corrected chi connectivity index (χ3v) is 2.01. The molecule has 0 amide bonds. The second-order valence-electron chi connectivity index (χ2n) is 2.87. The Labute approximate surface area is 75.4 Å². The summed E-state index contributed by atoms with van der Waals surface area (Å²) in [6.45, 7) is 0. The van der Waals surface area contributed by atoms with Crippen molar-refractivity contribution in [2.75, 3.05) is 12.4 Å². The predicted octanol–water partition coefficient (Wildman–Crippen LogP) is 1.57. The number of hydrogen-bond donors (Lipinski definition) is 2. The molecule has 0 atom stereocenters. The molecule has 2 aromatic rings. The van der Waals surface area contributed by atoms with Crippen LogP contribution in [0.2, 0.25) is 0 Å². The van der Waals surface area contributed by atoms with Gasteiger partial charge in [-0.3, -0.25) is 4.79 Å². The lowest BCUT2D eigenvalue weighted by atomic mass is 10.2. The van der Waals surface area contributed by atoms with Crippen LogP contribution in [0.15, 0.2) is 35.1 Å². The maximum atomic E-state index is 11.0. The van der Waals surface area contributed by atoms with E-state index in [1.54, 1.807) is 0 Å². The van der Waals surface area contributed by atoms with Gasteiger partial charge in [0.05, 0.1) is 0 Å². The van der Waals surface area contributed by atoms with Gasteiger partial charge in [-0.2, -0.15) is 0 Å². The molecule has 0 spiro atoms. The number of rotatable bonds is 1. The maximum Gasteiger partial charge on any atom is 0.248 e.